The van der Waals surface area contributed by atoms with Gasteiger partial charge in [-0.15, -0.1) is 0 Å². The Kier molecular flexibility index (Phi) is 6.41. The zero-order chi connectivity index (χ0) is 16.3. The van der Waals surface area contributed by atoms with Gasteiger partial charge in [-0.1, -0.05) is 11.6 Å². The maximum absolute atomic E-state index is 12.4. The summed E-state index contributed by atoms with van der Waals surface area (Å²) in [5.74, 6) is 0.00891. The van der Waals surface area contributed by atoms with Gasteiger partial charge in [0.15, 0.2) is 5.75 Å². The van der Waals surface area contributed by atoms with E-state index in [1.165, 1.54) is 13.2 Å². The van der Waals surface area contributed by atoms with Gasteiger partial charge in [-0.25, -0.2) is 8.42 Å². The zero-order valence-electron chi connectivity index (χ0n) is 11.0. The van der Waals surface area contributed by atoms with Crippen LogP contribution in [0, 0.1) is 0 Å². The maximum Gasteiger partial charge on any atom is 0.245 e. The summed E-state index contributed by atoms with van der Waals surface area (Å²) in [6.07, 6.45) is 0. The van der Waals surface area contributed by atoms with Crippen molar-refractivity contribution in [1.82, 2.24) is 4.72 Å². The molecule has 21 heavy (non-hydrogen) atoms. The third-order valence-corrected chi connectivity index (χ3v) is 5.12. The molecule has 0 aliphatic heterocycles. The first-order chi connectivity index (χ1) is 9.75. The monoisotopic (exact) mass is 403 g/mol. The first-order valence-electron chi connectivity index (χ1n) is 5.65. The maximum atomic E-state index is 12.4. The minimum atomic E-state index is -4.21. The summed E-state index contributed by atoms with van der Waals surface area (Å²) in [6, 6.07) is 2.61. The molecule has 120 valence electrons. The van der Waals surface area contributed by atoms with Crippen LogP contribution in [0.1, 0.15) is 0 Å². The summed E-state index contributed by atoms with van der Waals surface area (Å²) in [5, 5.41) is 27.8. The predicted molar refractivity (Wildman–Crippen MR) is 80.0 cm³/mol. The van der Waals surface area contributed by atoms with Crippen molar-refractivity contribution in [2.45, 2.75) is 10.4 Å². The molecule has 0 radical (unpaired) electrons. The molecule has 0 atom stereocenters. The van der Waals surface area contributed by atoms with E-state index in [4.69, 9.17) is 16.3 Å². The lowest BCUT2D eigenvalue weighted by Gasteiger charge is -2.28. The Labute approximate surface area is 135 Å². The number of methoxy groups -OCH3 is 1. The van der Waals surface area contributed by atoms with E-state index in [-0.39, 0.29) is 15.7 Å². The van der Waals surface area contributed by atoms with Gasteiger partial charge in [0.2, 0.25) is 10.0 Å². The van der Waals surface area contributed by atoms with Crippen molar-refractivity contribution in [3.05, 3.63) is 21.6 Å². The average Bonchev–Trinajstić information content (AvgIpc) is 2.44. The van der Waals surface area contributed by atoms with Gasteiger partial charge in [0.05, 0.1) is 31.4 Å². The van der Waals surface area contributed by atoms with Gasteiger partial charge >= 0.3 is 0 Å². The second-order valence-electron chi connectivity index (χ2n) is 4.28. The number of halogens is 2. The predicted octanol–water partition coefficient (Wildman–Crippen LogP) is 0.105. The molecule has 0 heterocycles. The molecule has 0 aliphatic carbocycles. The highest BCUT2D eigenvalue weighted by atomic mass is 79.9. The van der Waals surface area contributed by atoms with Gasteiger partial charge < -0.3 is 20.1 Å². The number of aliphatic hydroxyl groups excluding tert-OH is 3. The minimum absolute atomic E-state index is 0.00891. The lowest BCUT2D eigenvalue weighted by Crippen LogP contribution is -2.56. The molecule has 0 unspecified atom stereocenters. The Morgan fingerprint density at radius 2 is 1.81 bits per heavy atom. The highest BCUT2D eigenvalue weighted by Gasteiger charge is 2.35. The number of aliphatic hydroxyl groups is 3. The molecule has 10 heteroatoms. The van der Waals surface area contributed by atoms with Crippen LogP contribution in [-0.2, 0) is 10.0 Å². The van der Waals surface area contributed by atoms with Crippen LogP contribution in [0.15, 0.2) is 21.5 Å². The molecular weight excluding hydrogens is 390 g/mol. The molecule has 0 aromatic heterocycles. The second kappa shape index (κ2) is 7.23. The first-order valence-corrected chi connectivity index (χ1v) is 8.30. The lowest BCUT2D eigenvalue weighted by atomic mass is 10.1. The SMILES string of the molecule is COc1c(Br)cc(Cl)cc1S(=O)(=O)NC(CO)(CO)CO. The third kappa shape index (κ3) is 4.07. The number of hydrogen-bond acceptors (Lipinski definition) is 6. The Balaban J connectivity index is 3.38. The molecule has 0 bridgehead atoms. The highest BCUT2D eigenvalue weighted by molar-refractivity contribution is 9.10. The summed E-state index contributed by atoms with van der Waals surface area (Å²) in [4.78, 5) is -0.288. The van der Waals surface area contributed by atoms with Gasteiger partial charge in [0.25, 0.3) is 0 Å². The van der Waals surface area contributed by atoms with Gasteiger partial charge in [0, 0.05) is 5.02 Å². The zero-order valence-corrected chi connectivity index (χ0v) is 14.2. The van der Waals surface area contributed by atoms with E-state index in [1.807, 2.05) is 0 Å². The molecule has 0 amide bonds. The second-order valence-corrected chi connectivity index (χ2v) is 7.22. The first kappa shape index (κ1) is 18.6. The highest BCUT2D eigenvalue weighted by Crippen LogP contribution is 2.35. The molecule has 4 N–H and O–H groups in total. The van der Waals surface area contributed by atoms with Crippen molar-refractivity contribution in [3.63, 3.8) is 0 Å². The summed E-state index contributed by atoms with van der Waals surface area (Å²) >= 11 is 8.96. The van der Waals surface area contributed by atoms with E-state index in [1.54, 1.807) is 0 Å². The third-order valence-electron chi connectivity index (χ3n) is 2.73. The molecule has 1 aromatic rings. The van der Waals surface area contributed by atoms with E-state index in [0.29, 0.717) is 4.47 Å². The van der Waals surface area contributed by atoms with Crippen LogP contribution in [0.4, 0.5) is 0 Å². The van der Waals surface area contributed by atoms with Crippen LogP contribution >= 0.6 is 27.5 Å². The summed E-state index contributed by atoms with van der Waals surface area (Å²) in [6.45, 7) is -2.37. The quantitative estimate of drug-likeness (QED) is 0.512. The van der Waals surface area contributed by atoms with E-state index in [9.17, 15) is 23.7 Å². The molecule has 0 saturated heterocycles. The van der Waals surface area contributed by atoms with Crippen LogP contribution in [0.25, 0.3) is 0 Å². The number of benzene rings is 1. The standard InChI is InChI=1S/C11H15BrClNO6S/c1-20-10-8(12)2-7(13)3-9(10)21(18,19)14-11(4-15,5-16)6-17/h2-3,14-17H,4-6H2,1H3. The average molecular weight is 405 g/mol. The van der Waals surface area contributed by atoms with E-state index in [0.717, 1.165) is 6.07 Å². The fourth-order valence-electron chi connectivity index (χ4n) is 1.52. The van der Waals surface area contributed by atoms with Crippen molar-refractivity contribution >= 4 is 37.6 Å². The van der Waals surface area contributed by atoms with Gasteiger partial charge in [-0.05, 0) is 28.1 Å². The van der Waals surface area contributed by atoms with Gasteiger partial charge in [0.1, 0.15) is 10.4 Å². The van der Waals surface area contributed by atoms with Crippen molar-refractivity contribution in [2.75, 3.05) is 26.9 Å². The van der Waals surface area contributed by atoms with Gasteiger partial charge in [-0.2, -0.15) is 4.72 Å². The Bertz CT molecular complexity index is 597. The molecule has 0 saturated carbocycles. The van der Waals surface area contributed by atoms with Crippen molar-refractivity contribution in [1.29, 1.82) is 0 Å². The Hall–Kier alpha value is -0.420. The molecule has 0 aliphatic rings. The smallest absolute Gasteiger partial charge is 0.245 e. The number of hydrogen-bond donors (Lipinski definition) is 4. The van der Waals surface area contributed by atoms with Gasteiger partial charge in [-0.3, -0.25) is 0 Å². The van der Waals surface area contributed by atoms with Crippen LogP contribution in [0.5, 0.6) is 5.75 Å². The van der Waals surface area contributed by atoms with Crippen molar-refractivity contribution < 1.29 is 28.5 Å². The molecule has 1 aromatic carbocycles. The molecule has 7 nitrogen and oxygen atoms in total. The van der Waals surface area contributed by atoms with Crippen LogP contribution in [-0.4, -0.2) is 56.2 Å². The Morgan fingerprint density at radius 3 is 2.24 bits per heavy atom. The summed E-state index contributed by atoms with van der Waals surface area (Å²) < 4.78 is 32.2. The largest absolute Gasteiger partial charge is 0.494 e. The number of sulfonamides is 1. The Morgan fingerprint density at radius 1 is 1.29 bits per heavy atom. The topological polar surface area (TPSA) is 116 Å². The summed E-state index contributed by atoms with van der Waals surface area (Å²) in [5.41, 5.74) is -1.79. The molecular formula is C11H15BrClNO6S. The minimum Gasteiger partial charge on any atom is -0.494 e. The fraction of sp³-hybridized carbons (Fsp3) is 0.455. The number of rotatable bonds is 7. The van der Waals surface area contributed by atoms with Crippen molar-refractivity contribution in [3.8, 4) is 5.75 Å². The van der Waals surface area contributed by atoms with Crippen LogP contribution in [0.3, 0.4) is 0 Å². The van der Waals surface area contributed by atoms with Crippen molar-refractivity contribution in [2.24, 2.45) is 0 Å². The van der Waals surface area contributed by atoms with E-state index in [2.05, 4.69) is 20.7 Å². The summed E-state index contributed by atoms with van der Waals surface area (Å²) in [7, 11) is -2.93. The van der Waals surface area contributed by atoms with E-state index >= 15 is 0 Å². The lowest BCUT2D eigenvalue weighted by molar-refractivity contribution is 0.0581. The van der Waals surface area contributed by atoms with E-state index < -0.39 is 35.4 Å². The molecule has 1 rings (SSSR count). The molecule has 0 spiro atoms. The number of ether oxygens (including phenoxy) is 1. The normalized spacial score (nSPS) is 12.5. The van der Waals surface area contributed by atoms with Crippen LogP contribution < -0.4 is 9.46 Å². The fourth-order valence-corrected chi connectivity index (χ4v) is 4.28. The number of nitrogens with one attached hydrogen (secondary N) is 1. The molecule has 0 fully saturated rings. The van der Waals surface area contributed by atoms with Crippen LogP contribution in [0.2, 0.25) is 5.02 Å².